The lowest BCUT2D eigenvalue weighted by molar-refractivity contribution is 0.449. The highest BCUT2D eigenvalue weighted by molar-refractivity contribution is 7.88. The van der Waals surface area contributed by atoms with E-state index in [-0.39, 0.29) is 18.6 Å². The van der Waals surface area contributed by atoms with Gasteiger partial charge in [-0.25, -0.2) is 17.7 Å². The van der Waals surface area contributed by atoms with E-state index in [2.05, 4.69) is 31.2 Å². The molecule has 4 aromatic rings. The van der Waals surface area contributed by atoms with Gasteiger partial charge in [-0.1, -0.05) is 6.07 Å². The van der Waals surface area contributed by atoms with Crippen LogP contribution in [0.25, 0.3) is 22.3 Å². The van der Waals surface area contributed by atoms with E-state index in [1.165, 1.54) is 15.9 Å². The van der Waals surface area contributed by atoms with Gasteiger partial charge in [0, 0.05) is 61.9 Å². The van der Waals surface area contributed by atoms with Crippen LogP contribution in [0.3, 0.4) is 0 Å². The fraction of sp³-hybridized carbons (Fsp3) is 0.419. The minimum absolute atomic E-state index is 0.108. The first-order valence-corrected chi connectivity index (χ1v) is 16.9. The monoisotopic (exact) mass is 617 g/mol. The number of benzene rings is 1. The van der Waals surface area contributed by atoms with Crippen molar-refractivity contribution in [2.24, 2.45) is 0 Å². The van der Waals surface area contributed by atoms with Gasteiger partial charge in [0.15, 0.2) is 0 Å². The molecule has 1 atom stereocenters. The SMILES string of the molecule is CN(CCn1c(=O)c(-c2ccc(C3CCNC3)cn2)cc2cnc(Nc3ccc(NC4CCNCC4)cc3)nc21)S(C)(=O)=O. The Labute approximate surface area is 257 Å². The molecule has 0 spiro atoms. The summed E-state index contributed by atoms with van der Waals surface area (Å²) in [4.78, 5) is 27.8. The first-order chi connectivity index (χ1) is 21.2. The molecule has 1 unspecified atom stereocenters. The number of anilines is 3. The summed E-state index contributed by atoms with van der Waals surface area (Å²) in [5.74, 6) is 0.749. The lowest BCUT2D eigenvalue weighted by atomic mass is 9.99. The van der Waals surface area contributed by atoms with Crippen molar-refractivity contribution in [3.05, 3.63) is 70.8 Å². The molecule has 2 aliphatic heterocycles. The van der Waals surface area contributed by atoms with Crippen molar-refractivity contribution >= 4 is 38.4 Å². The van der Waals surface area contributed by atoms with Crippen molar-refractivity contribution < 1.29 is 8.42 Å². The van der Waals surface area contributed by atoms with E-state index in [1.54, 1.807) is 12.3 Å². The van der Waals surface area contributed by atoms with Gasteiger partial charge >= 0.3 is 0 Å². The van der Waals surface area contributed by atoms with E-state index in [4.69, 9.17) is 4.98 Å². The Bertz CT molecular complexity index is 1760. The van der Waals surface area contributed by atoms with E-state index in [0.29, 0.717) is 40.2 Å². The van der Waals surface area contributed by atoms with Gasteiger partial charge in [-0.05, 0) is 86.8 Å². The van der Waals surface area contributed by atoms with Gasteiger partial charge in [0.25, 0.3) is 5.56 Å². The van der Waals surface area contributed by atoms with Crippen LogP contribution in [0, 0.1) is 0 Å². The summed E-state index contributed by atoms with van der Waals surface area (Å²) >= 11 is 0. The van der Waals surface area contributed by atoms with Crippen LogP contribution in [0.1, 0.15) is 30.7 Å². The number of likely N-dealkylation sites (N-methyl/N-ethyl adjacent to an activating group) is 1. The molecule has 1 aromatic carbocycles. The van der Waals surface area contributed by atoms with Crippen molar-refractivity contribution in [2.75, 3.05) is 56.7 Å². The smallest absolute Gasteiger partial charge is 0.261 e. The largest absolute Gasteiger partial charge is 0.382 e. The average molecular weight is 618 g/mol. The predicted octanol–water partition coefficient (Wildman–Crippen LogP) is 2.73. The van der Waals surface area contributed by atoms with E-state index >= 15 is 0 Å². The summed E-state index contributed by atoms with van der Waals surface area (Å²) in [6.07, 6.45) is 7.91. The Morgan fingerprint density at radius 2 is 1.73 bits per heavy atom. The van der Waals surface area contributed by atoms with E-state index in [1.807, 2.05) is 42.6 Å². The van der Waals surface area contributed by atoms with Crippen molar-refractivity contribution in [2.45, 2.75) is 37.8 Å². The maximum absolute atomic E-state index is 13.9. The Balaban J connectivity index is 1.29. The fourth-order valence-electron chi connectivity index (χ4n) is 5.74. The second-order valence-corrected chi connectivity index (χ2v) is 13.7. The molecule has 0 saturated carbocycles. The standard InChI is InChI=1S/C31H39N9O3S/c1-39(44(2,42)43)15-16-40-29-23(17-27(30(40)41)28-8-3-21(19-34-28)22-9-12-33-18-22)20-35-31(38-29)37-25-6-4-24(5-7-25)36-26-10-13-32-14-11-26/h3-8,17,19-20,22,26,32-33,36H,9-16,18H2,1-2H3,(H,35,37,38). The highest BCUT2D eigenvalue weighted by Crippen LogP contribution is 2.25. The Hall–Kier alpha value is -3.91. The number of aromatic nitrogens is 4. The Morgan fingerprint density at radius 3 is 2.41 bits per heavy atom. The molecule has 2 saturated heterocycles. The number of hydrogen-bond acceptors (Lipinski definition) is 10. The van der Waals surface area contributed by atoms with E-state index in [0.717, 1.165) is 68.6 Å². The number of nitrogens with one attached hydrogen (secondary N) is 4. The molecule has 13 heteroatoms. The zero-order valence-electron chi connectivity index (χ0n) is 25.1. The van der Waals surface area contributed by atoms with Gasteiger partial charge in [-0.2, -0.15) is 4.98 Å². The third-order valence-electron chi connectivity index (χ3n) is 8.48. The summed E-state index contributed by atoms with van der Waals surface area (Å²) in [7, 11) is -1.93. The molecule has 2 aliphatic rings. The molecule has 0 radical (unpaired) electrons. The van der Waals surface area contributed by atoms with Crippen LogP contribution >= 0.6 is 0 Å². The highest BCUT2D eigenvalue weighted by Gasteiger charge is 2.20. The molecule has 44 heavy (non-hydrogen) atoms. The summed E-state index contributed by atoms with van der Waals surface area (Å²) in [6.45, 7) is 4.18. The number of sulfonamides is 1. The third kappa shape index (κ3) is 6.91. The van der Waals surface area contributed by atoms with Crippen LogP contribution in [0.4, 0.5) is 17.3 Å². The minimum atomic E-state index is -3.43. The number of hydrogen-bond donors (Lipinski definition) is 4. The maximum Gasteiger partial charge on any atom is 0.261 e. The lowest BCUT2D eigenvalue weighted by Gasteiger charge is -2.24. The molecule has 4 N–H and O–H groups in total. The molecule has 6 rings (SSSR count). The molecule has 0 aliphatic carbocycles. The van der Waals surface area contributed by atoms with Crippen LogP contribution in [0.15, 0.2) is 59.7 Å². The van der Waals surface area contributed by atoms with Crippen molar-refractivity contribution in [1.29, 1.82) is 0 Å². The molecule has 5 heterocycles. The second kappa shape index (κ2) is 13.0. The van der Waals surface area contributed by atoms with Crippen LogP contribution in [0.2, 0.25) is 0 Å². The normalized spacial score (nSPS) is 17.8. The zero-order valence-corrected chi connectivity index (χ0v) is 25.9. The van der Waals surface area contributed by atoms with Gasteiger partial charge in [0.1, 0.15) is 5.65 Å². The third-order valence-corrected chi connectivity index (χ3v) is 9.79. The maximum atomic E-state index is 13.9. The molecule has 0 amide bonds. The highest BCUT2D eigenvalue weighted by atomic mass is 32.2. The Morgan fingerprint density at radius 1 is 0.977 bits per heavy atom. The van der Waals surface area contributed by atoms with Crippen molar-refractivity contribution in [3.63, 3.8) is 0 Å². The minimum Gasteiger partial charge on any atom is -0.382 e. The van der Waals surface area contributed by atoms with Gasteiger partial charge in [-0.3, -0.25) is 14.3 Å². The van der Waals surface area contributed by atoms with Crippen molar-refractivity contribution in [3.8, 4) is 11.3 Å². The molecule has 0 bridgehead atoms. The van der Waals surface area contributed by atoms with Crippen LogP contribution in [-0.4, -0.2) is 84.3 Å². The van der Waals surface area contributed by atoms with Crippen LogP contribution < -0.4 is 26.8 Å². The number of nitrogens with zero attached hydrogens (tertiary/aromatic N) is 5. The summed E-state index contributed by atoms with van der Waals surface area (Å²) in [5, 5.41) is 14.2. The average Bonchev–Trinajstić information content (AvgIpc) is 3.57. The number of rotatable bonds is 10. The van der Waals surface area contributed by atoms with Gasteiger partial charge in [-0.15, -0.1) is 0 Å². The van der Waals surface area contributed by atoms with Gasteiger partial charge in [0.2, 0.25) is 16.0 Å². The van der Waals surface area contributed by atoms with E-state index in [9.17, 15) is 13.2 Å². The number of pyridine rings is 2. The van der Waals surface area contributed by atoms with Gasteiger partial charge in [0.05, 0.1) is 17.5 Å². The molecular weight excluding hydrogens is 578 g/mol. The van der Waals surface area contributed by atoms with Crippen LogP contribution in [0.5, 0.6) is 0 Å². The topological polar surface area (TPSA) is 146 Å². The second-order valence-electron chi connectivity index (χ2n) is 11.6. The molecular formula is C31H39N9O3S. The molecule has 12 nitrogen and oxygen atoms in total. The van der Waals surface area contributed by atoms with Gasteiger partial charge < -0.3 is 21.3 Å². The van der Waals surface area contributed by atoms with Crippen molar-refractivity contribution in [1.82, 2.24) is 34.5 Å². The van der Waals surface area contributed by atoms with Crippen LogP contribution in [-0.2, 0) is 16.6 Å². The predicted molar refractivity (Wildman–Crippen MR) is 174 cm³/mol. The van der Waals surface area contributed by atoms with E-state index < -0.39 is 10.0 Å². The summed E-state index contributed by atoms with van der Waals surface area (Å²) in [6, 6.07) is 14.1. The molecule has 3 aromatic heterocycles. The quantitative estimate of drug-likeness (QED) is 0.210. The summed E-state index contributed by atoms with van der Waals surface area (Å²) in [5.41, 5.74) is 4.10. The first kappa shape index (κ1) is 30.1. The first-order valence-electron chi connectivity index (χ1n) is 15.1. The number of piperidine rings is 1. The fourth-order valence-corrected chi connectivity index (χ4v) is 6.16. The zero-order chi connectivity index (χ0) is 30.7. The summed E-state index contributed by atoms with van der Waals surface area (Å²) < 4.78 is 26.9. The number of fused-ring (bicyclic) bond motifs is 1. The lowest BCUT2D eigenvalue weighted by Crippen LogP contribution is -2.35. The molecule has 232 valence electrons. The molecule has 2 fully saturated rings. The Kier molecular flexibility index (Phi) is 8.89.